The standard InChI is InChI=1S/C39H30Br2N7O5/c40-27-11-13-31-29(19-27)35(25-7-3-1-4-8-25)42-21-33-37(44-23-46(31)33)38(49)52-17-15-51-16-18-53-39(50)48-34-22-43-36(26-9-5-2-6-10-26)30-20-28(41)12-14-32(30)47(34)24-45-48/h1-14,19-20,23-24H,15-18,21-22H2/q+1. The van der Waals surface area contributed by atoms with Gasteiger partial charge in [0.1, 0.15) is 31.8 Å². The summed E-state index contributed by atoms with van der Waals surface area (Å²) in [5.41, 5.74) is 7.93. The molecule has 4 aromatic carbocycles. The molecule has 14 heteroatoms. The number of hydrogen-bond acceptors (Lipinski definition) is 9. The Labute approximate surface area is 320 Å². The molecule has 0 N–H and O–H groups in total. The van der Waals surface area contributed by atoms with Gasteiger partial charge in [0.25, 0.3) is 12.2 Å². The Morgan fingerprint density at radius 3 is 2.11 bits per heavy atom. The Balaban J connectivity index is 0.865. The maximum Gasteiger partial charge on any atom is 0.513 e. The Morgan fingerprint density at radius 1 is 0.736 bits per heavy atom. The van der Waals surface area contributed by atoms with E-state index in [-0.39, 0.29) is 45.2 Å². The van der Waals surface area contributed by atoms with Gasteiger partial charge in [-0.25, -0.2) is 14.6 Å². The summed E-state index contributed by atoms with van der Waals surface area (Å²) in [7, 11) is 0. The number of aliphatic imine (C=N–C) groups is 2. The van der Waals surface area contributed by atoms with Crippen molar-refractivity contribution in [2.45, 2.75) is 13.1 Å². The highest BCUT2D eigenvalue weighted by Crippen LogP contribution is 2.29. The van der Waals surface area contributed by atoms with Gasteiger partial charge in [-0.15, -0.1) is 0 Å². The van der Waals surface area contributed by atoms with Crippen molar-refractivity contribution in [2.75, 3.05) is 26.4 Å². The van der Waals surface area contributed by atoms with Crippen LogP contribution in [0.4, 0.5) is 4.79 Å². The van der Waals surface area contributed by atoms with Gasteiger partial charge >= 0.3 is 12.1 Å². The van der Waals surface area contributed by atoms with Crippen molar-refractivity contribution in [2.24, 2.45) is 9.98 Å². The largest absolute Gasteiger partial charge is 0.513 e. The van der Waals surface area contributed by atoms with E-state index in [1.165, 1.54) is 4.68 Å². The molecule has 6 aromatic rings. The number of ether oxygens (including phenoxy) is 3. The number of hydrogen-bond donors (Lipinski definition) is 0. The zero-order valence-corrected chi connectivity index (χ0v) is 31.2. The minimum atomic E-state index is -0.654. The van der Waals surface area contributed by atoms with Gasteiger partial charge in [-0.2, -0.15) is 4.57 Å². The molecule has 0 spiro atoms. The first kappa shape index (κ1) is 34.5. The third-order valence-corrected chi connectivity index (χ3v) is 9.74. The molecule has 8 rings (SSSR count). The molecule has 2 aromatic heterocycles. The van der Waals surface area contributed by atoms with E-state index in [0.717, 1.165) is 54.0 Å². The second-order valence-corrected chi connectivity index (χ2v) is 13.8. The van der Waals surface area contributed by atoms with Gasteiger partial charge in [0.05, 0.1) is 42.6 Å². The normalized spacial score (nSPS) is 12.9. The number of carbonyl (C=O) groups excluding carboxylic acids is 2. The van der Waals surface area contributed by atoms with Gasteiger partial charge < -0.3 is 14.2 Å². The van der Waals surface area contributed by atoms with Crippen molar-refractivity contribution in [1.29, 1.82) is 0 Å². The number of nitrogens with zero attached hydrogens (tertiary/aromatic N) is 7. The van der Waals surface area contributed by atoms with Gasteiger partial charge in [0.15, 0.2) is 5.69 Å². The highest BCUT2D eigenvalue weighted by atomic mass is 79.9. The van der Waals surface area contributed by atoms with Crippen molar-refractivity contribution >= 4 is 55.3 Å². The average molecular weight is 837 g/mol. The molecule has 0 unspecified atom stereocenters. The lowest BCUT2D eigenvalue weighted by molar-refractivity contribution is -0.604. The van der Waals surface area contributed by atoms with Crippen molar-refractivity contribution in [3.63, 3.8) is 0 Å². The van der Waals surface area contributed by atoms with Gasteiger partial charge in [-0.3, -0.25) is 14.6 Å². The van der Waals surface area contributed by atoms with Crippen molar-refractivity contribution in [3.8, 4) is 11.4 Å². The van der Waals surface area contributed by atoms with E-state index < -0.39 is 12.1 Å². The molecular formula is C39H30Br2N7O5+. The number of benzene rings is 4. The highest BCUT2D eigenvalue weighted by Gasteiger charge is 2.31. The molecule has 0 aliphatic carbocycles. The van der Waals surface area contributed by atoms with Crippen molar-refractivity contribution in [1.82, 2.24) is 19.3 Å². The van der Waals surface area contributed by atoms with Crippen LogP contribution in [0.3, 0.4) is 0 Å². The van der Waals surface area contributed by atoms with Gasteiger partial charge in [0.2, 0.25) is 0 Å². The van der Waals surface area contributed by atoms with Crippen LogP contribution in [0.15, 0.2) is 129 Å². The number of rotatable bonds is 9. The van der Waals surface area contributed by atoms with Crippen LogP contribution in [0, 0.1) is 0 Å². The van der Waals surface area contributed by atoms with E-state index in [0.29, 0.717) is 11.5 Å². The van der Waals surface area contributed by atoms with Crippen LogP contribution in [0.25, 0.3) is 11.4 Å². The number of aromatic nitrogens is 5. The second-order valence-electron chi connectivity index (χ2n) is 12.0. The summed E-state index contributed by atoms with van der Waals surface area (Å²) in [6.45, 7) is 0.602. The Kier molecular flexibility index (Phi) is 9.89. The fraction of sp³-hybridized carbons (Fsp3) is 0.154. The van der Waals surface area contributed by atoms with E-state index in [2.05, 4.69) is 41.9 Å². The van der Waals surface area contributed by atoms with Crippen molar-refractivity contribution in [3.05, 3.63) is 158 Å². The van der Waals surface area contributed by atoms with Crippen LogP contribution in [0.5, 0.6) is 0 Å². The lowest BCUT2D eigenvalue weighted by Gasteiger charge is -2.12. The van der Waals surface area contributed by atoms with Gasteiger partial charge in [-0.05, 0) is 41.1 Å². The van der Waals surface area contributed by atoms with Crippen LogP contribution < -0.4 is 4.57 Å². The Bertz CT molecular complexity index is 2240. The lowest BCUT2D eigenvalue weighted by atomic mass is 10.0. The smallest absolute Gasteiger partial charge is 0.458 e. The maximum atomic E-state index is 13.2. The Morgan fingerprint density at radius 2 is 1.38 bits per heavy atom. The van der Waals surface area contributed by atoms with Crippen LogP contribution in [0.2, 0.25) is 0 Å². The zero-order chi connectivity index (χ0) is 36.3. The number of esters is 1. The first-order valence-electron chi connectivity index (χ1n) is 16.7. The predicted molar refractivity (Wildman–Crippen MR) is 202 cm³/mol. The maximum absolute atomic E-state index is 13.2. The van der Waals surface area contributed by atoms with Crippen LogP contribution in [-0.4, -0.2) is 69.2 Å². The fourth-order valence-electron chi connectivity index (χ4n) is 6.33. The summed E-state index contributed by atoms with van der Waals surface area (Å²) in [5.74, 6) is -0.0254. The first-order chi connectivity index (χ1) is 26.0. The third kappa shape index (κ3) is 7.00. The molecule has 0 atom stereocenters. The van der Waals surface area contributed by atoms with Crippen LogP contribution in [0.1, 0.15) is 44.3 Å². The monoisotopic (exact) mass is 834 g/mol. The van der Waals surface area contributed by atoms with E-state index in [9.17, 15) is 9.59 Å². The summed E-state index contributed by atoms with van der Waals surface area (Å²) < 4.78 is 23.4. The molecular weight excluding hydrogens is 806 g/mol. The minimum absolute atomic E-state index is 0.0122. The molecule has 4 heterocycles. The number of fused-ring (bicyclic) bond motifs is 6. The first-order valence-corrected chi connectivity index (χ1v) is 18.3. The molecule has 0 saturated carbocycles. The number of carbonyl (C=O) groups is 2. The molecule has 2 aliphatic rings. The third-order valence-electron chi connectivity index (χ3n) is 8.76. The molecule has 0 bridgehead atoms. The quantitative estimate of drug-likeness (QED) is 0.0934. The zero-order valence-electron chi connectivity index (χ0n) is 28.1. The van der Waals surface area contributed by atoms with E-state index >= 15 is 0 Å². The molecule has 0 saturated heterocycles. The van der Waals surface area contributed by atoms with E-state index in [4.69, 9.17) is 24.2 Å². The number of imidazole rings is 1. The van der Waals surface area contributed by atoms with Crippen LogP contribution >= 0.6 is 31.9 Å². The summed E-state index contributed by atoms with van der Waals surface area (Å²) in [6, 6.07) is 31.7. The van der Waals surface area contributed by atoms with Gasteiger partial charge in [-0.1, -0.05) is 92.5 Å². The summed E-state index contributed by atoms with van der Waals surface area (Å²) in [6.07, 6.45) is 2.55. The molecule has 0 amide bonds. The van der Waals surface area contributed by atoms with Gasteiger partial charge in [0, 0.05) is 36.3 Å². The SMILES string of the molecule is O=C(OCCOCCOC(=O)n1nc[n+]2c1CN=C(c1ccccc1)c1cc(Br)ccc1-2)c1ncn2c1CN=C(c1ccccc1)c1cc(Br)ccc1-2. The average Bonchev–Trinajstić information content (AvgIpc) is 3.72. The summed E-state index contributed by atoms with van der Waals surface area (Å²) in [5, 5.41) is 4.31. The molecule has 264 valence electrons. The topological polar surface area (TPSA) is 126 Å². The molecule has 0 radical (unpaired) electrons. The fourth-order valence-corrected chi connectivity index (χ4v) is 7.05. The Hall–Kier alpha value is -5.57. The molecule has 0 fully saturated rings. The lowest BCUT2D eigenvalue weighted by Crippen LogP contribution is -2.36. The summed E-state index contributed by atoms with van der Waals surface area (Å²) >= 11 is 7.16. The molecule has 2 aliphatic heterocycles. The second kappa shape index (κ2) is 15.2. The molecule has 12 nitrogen and oxygen atoms in total. The van der Waals surface area contributed by atoms with E-state index in [1.807, 2.05) is 106 Å². The summed E-state index contributed by atoms with van der Waals surface area (Å²) in [4.78, 5) is 40.4. The number of halogens is 2. The van der Waals surface area contributed by atoms with E-state index in [1.54, 1.807) is 12.7 Å². The van der Waals surface area contributed by atoms with Crippen molar-refractivity contribution < 1.29 is 28.4 Å². The highest BCUT2D eigenvalue weighted by molar-refractivity contribution is 9.10. The van der Waals surface area contributed by atoms with Crippen LogP contribution in [-0.2, 0) is 27.3 Å². The predicted octanol–water partition coefficient (Wildman–Crippen LogP) is 6.43. The minimum Gasteiger partial charge on any atom is -0.458 e. The molecule has 53 heavy (non-hydrogen) atoms.